The van der Waals surface area contributed by atoms with Crippen LogP contribution in [-0.2, 0) is 9.59 Å². The van der Waals surface area contributed by atoms with Gasteiger partial charge in [0.1, 0.15) is 17.6 Å². The van der Waals surface area contributed by atoms with E-state index in [9.17, 15) is 27.9 Å². The number of carbonyl (C=O) groups is 2. The van der Waals surface area contributed by atoms with Gasteiger partial charge >= 0.3 is 6.36 Å². The number of aliphatic hydroxyl groups excluding tert-OH is 1. The number of methoxy groups -OCH3 is 2. The van der Waals surface area contributed by atoms with Crippen molar-refractivity contribution in [2.75, 3.05) is 19.1 Å². The molecule has 8 nitrogen and oxygen atoms in total. The number of alkyl halides is 3. The standard InChI is InChI=1S/C25H19F3N2O6/c1-34-18-10-9-14(12-19(18)35-2)22(31)20-21(17-8-3-4-11-29-17)30(24(33)23(20)32)15-6-5-7-16(13-15)36-25(26,27)28/h3-13,21,31H,1-2H3/b22-20+. The van der Waals surface area contributed by atoms with Crippen LogP contribution >= 0.6 is 0 Å². The minimum Gasteiger partial charge on any atom is -0.507 e. The maximum absolute atomic E-state index is 13.2. The molecule has 1 aliphatic heterocycles. The van der Waals surface area contributed by atoms with Gasteiger partial charge < -0.3 is 19.3 Å². The molecule has 0 spiro atoms. The summed E-state index contributed by atoms with van der Waals surface area (Å²) < 4.78 is 52.7. The molecule has 0 bridgehead atoms. The van der Waals surface area contributed by atoms with Gasteiger partial charge in [-0.05, 0) is 42.5 Å². The van der Waals surface area contributed by atoms with Crippen LogP contribution in [0, 0.1) is 0 Å². The van der Waals surface area contributed by atoms with Crippen molar-refractivity contribution in [3.63, 3.8) is 0 Å². The first-order chi connectivity index (χ1) is 17.1. The molecule has 11 heteroatoms. The molecular weight excluding hydrogens is 481 g/mol. The monoisotopic (exact) mass is 500 g/mol. The minimum absolute atomic E-state index is 0.0548. The molecule has 1 N–H and O–H groups in total. The predicted molar refractivity (Wildman–Crippen MR) is 122 cm³/mol. The zero-order chi connectivity index (χ0) is 26.0. The van der Waals surface area contributed by atoms with Gasteiger partial charge in [0.2, 0.25) is 0 Å². The van der Waals surface area contributed by atoms with Crippen molar-refractivity contribution in [1.82, 2.24) is 4.98 Å². The number of hydrogen-bond donors (Lipinski definition) is 1. The van der Waals surface area contributed by atoms with Crippen LogP contribution < -0.4 is 19.1 Å². The number of ketones is 1. The van der Waals surface area contributed by atoms with Crippen molar-refractivity contribution in [2.24, 2.45) is 0 Å². The summed E-state index contributed by atoms with van der Waals surface area (Å²) in [4.78, 5) is 31.5. The molecule has 36 heavy (non-hydrogen) atoms. The van der Waals surface area contributed by atoms with E-state index < -0.39 is 35.6 Å². The Kier molecular flexibility index (Phi) is 6.56. The van der Waals surface area contributed by atoms with Crippen LogP contribution in [0.1, 0.15) is 17.3 Å². The third-order valence-corrected chi connectivity index (χ3v) is 5.40. The van der Waals surface area contributed by atoms with E-state index in [0.29, 0.717) is 5.75 Å². The predicted octanol–water partition coefficient (Wildman–Crippen LogP) is 4.62. The Balaban J connectivity index is 1.89. The number of Topliss-reactive ketones (excluding diaryl/α,β-unsaturated/α-hetero) is 1. The number of hydrogen-bond acceptors (Lipinski definition) is 7. The second kappa shape index (κ2) is 9.61. The van der Waals surface area contributed by atoms with Crippen molar-refractivity contribution >= 4 is 23.1 Å². The lowest BCUT2D eigenvalue weighted by molar-refractivity contribution is -0.274. The van der Waals surface area contributed by atoms with Gasteiger partial charge in [-0.15, -0.1) is 13.2 Å². The number of halogens is 3. The van der Waals surface area contributed by atoms with Gasteiger partial charge in [-0.1, -0.05) is 12.1 Å². The van der Waals surface area contributed by atoms with Crippen LogP contribution in [0.25, 0.3) is 5.76 Å². The lowest BCUT2D eigenvalue weighted by Crippen LogP contribution is -2.30. The SMILES string of the molecule is COc1ccc(/C(O)=C2\C(=O)C(=O)N(c3cccc(OC(F)(F)F)c3)C2c2ccccn2)cc1OC. The summed E-state index contributed by atoms with van der Waals surface area (Å²) in [5.41, 5.74) is 0.00975. The highest BCUT2D eigenvalue weighted by atomic mass is 19.4. The fourth-order valence-corrected chi connectivity index (χ4v) is 3.89. The van der Waals surface area contributed by atoms with Crippen LogP contribution in [0.15, 0.2) is 72.4 Å². The minimum atomic E-state index is -4.96. The Morgan fingerprint density at radius 3 is 2.36 bits per heavy atom. The first-order valence-corrected chi connectivity index (χ1v) is 10.4. The summed E-state index contributed by atoms with van der Waals surface area (Å²) in [6, 6.07) is 12.6. The van der Waals surface area contributed by atoms with Crippen LogP contribution in [0.2, 0.25) is 0 Å². The molecule has 3 aromatic rings. The number of aromatic nitrogens is 1. The number of ether oxygens (including phenoxy) is 3. The highest BCUT2D eigenvalue weighted by molar-refractivity contribution is 6.51. The number of benzene rings is 2. The van der Waals surface area contributed by atoms with E-state index in [1.807, 2.05) is 0 Å². The molecule has 1 aliphatic rings. The molecule has 0 saturated carbocycles. The third-order valence-electron chi connectivity index (χ3n) is 5.40. The fraction of sp³-hybridized carbons (Fsp3) is 0.160. The molecule has 1 amide bonds. The summed E-state index contributed by atoms with van der Waals surface area (Å²) in [6.07, 6.45) is -3.53. The first kappa shape index (κ1) is 24.6. The van der Waals surface area contributed by atoms with E-state index in [1.54, 1.807) is 12.1 Å². The van der Waals surface area contributed by atoms with E-state index in [-0.39, 0.29) is 28.3 Å². The molecule has 1 saturated heterocycles. The maximum Gasteiger partial charge on any atom is 0.573 e. The van der Waals surface area contributed by atoms with E-state index in [2.05, 4.69) is 9.72 Å². The van der Waals surface area contributed by atoms with Gasteiger partial charge in [0, 0.05) is 23.5 Å². The van der Waals surface area contributed by atoms with E-state index in [1.165, 1.54) is 56.8 Å². The highest BCUT2D eigenvalue weighted by Gasteiger charge is 2.48. The van der Waals surface area contributed by atoms with Crippen molar-refractivity contribution in [3.8, 4) is 17.2 Å². The Bertz CT molecular complexity index is 1340. The number of rotatable bonds is 6. The molecule has 1 atom stereocenters. The average Bonchev–Trinajstić information content (AvgIpc) is 3.13. The van der Waals surface area contributed by atoms with Gasteiger partial charge in [0.05, 0.1) is 25.5 Å². The van der Waals surface area contributed by atoms with Crippen molar-refractivity contribution in [2.45, 2.75) is 12.4 Å². The van der Waals surface area contributed by atoms with Gasteiger partial charge in [0.25, 0.3) is 11.7 Å². The van der Waals surface area contributed by atoms with Crippen molar-refractivity contribution < 1.29 is 42.1 Å². The van der Waals surface area contributed by atoms with Crippen LogP contribution in [0.4, 0.5) is 18.9 Å². The molecule has 1 unspecified atom stereocenters. The normalized spacial score (nSPS) is 17.2. The maximum atomic E-state index is 13.2. The molecular formula is C25H19F3N2O6. The summed E-state index contributed by atoms with van der Waals surface area (Å²) in [5.74, 6) is -2.56. The number of carbonyl (C=O) groups excluding carboxylic acids is 2. The van der Waals surface area contributed by atoms with Gasteiger partial charge in [-0.2, -0.15) is 0 Å². The summed E-state index contributed by atoms with van der Waals surface area (Å²) >= 11 is 0. The number of amides is 1. The van der Waals surface area contributed by atoms with E-state index in [0.717, 1.165) is 17.0 Å². The Morgan fingerprint density at radius 2 is 1.72 bits per heavy atom. The Morgan fingerprint density at radius 1 is 0.972 bits per heavy atom. The van der Waals surface area contributed by atoms with Gasteiger partial charge in [0.15, 0.2) is 11.5 Å². The zero-order valence-electron chi connectivity index (χ0n) is 18.9. The molecule has 4 rings (SSSR count). The van der Waals surface area contributed by atoms with Gasteiger partial charge in [-0.25, -0.2) is 0 Å². The molecule has 2 aromatic carbocycles. The molecule has 2 heterocycles. The first-order valence-electron chi connectivity index (χ1n) is 10.4. The van der Waals surface area contributed by atoms with Crippen LogP contribution in [-0.4, -0.2) is 42.4 Å². The van der Waals surface area contributed by atoms with Crippen LogP contribution in [0.5, 0.6) is 17.2 Å². The van der Waals surface area contributed by atoms with Gasteiger partial charge in [-0.3, -0.25) is 19.5 Å². The lowest BCUT2D eigenvalue weighted by Gasteiger charge is -2.25. The lowest BCUT2D eigenvalue weighted by atomic mass is 9.98. The molecule has 0 radical (unpaired) electrons. The topological polar surface area (TPSA) is 98.2 Å². The average molecular weight is 500 g/mol. The fourth-order valence-electron chi connectivity index (χ4n) is 3.89. The Hall–Kier alpha value is -4.54. The number of anilines is 1. The van der Waals surface area contributed by atoms with Crippen molar-refractivity contribution in [3.05, 3.63) is 83.7 Å². The zero-order valence-corrected chi connectivity index (χ0v) is 18.9. The number of aliphatic hydroxyl groups is 1. The molecule has 186 valence electrons. The molecule has 0 aliphatic carbocycles. The highest BCUT2D eigenvalue weighted by Crippen LogP contribution is 2.43. The third kappa shape index (κ3) is 4.67. The van der Waals surface area contributed by atoms with Crippen molar-refractivity contribution in [1.29, 1.82) is 0 Å². The smallest absolute Gasteiger partial charge is 0.507 e. The molecule has 1 aromatic heterocycles. The Labute approximate surface area is 203 Å². The number of nitrogens with zero attached hydrogens (tertiary/aromatic N) is 2. The quantitative estimate of drug-likeness (QED) is 0.300. The second-order valence-electron chi connectivity index (χ2n) is 7.54. The summed E-state index contributed by atoms with van der Waals surface area (Å²) in [7, 11) is 2.82. The van der Waals surface area contributed by atoms with E-state index in [4.69, 9.17) is 9.47 Å². The summed E-state index contributed by atoms with van der Waals surface area (Å²) in [5, 5.41) is 11.2. The number of pyridine rings is 1. The van der Waals surface area contributed by atoms with Crippen LogP contribution in [0.3, 0.4) is 0 Å². The summed E-state index contributed by atoms with van der Waals surface area (Å²) in [6.45, 7) is 0. The largest absolute Gasteiger partial charge is 0.573 e. The second-order valence-corrected chi connectivity index (χ2v) is 7.54. The van der Waals surface area contributed by atoms with E-state index >= 15 is 0 Å². The molecule has 1 fully saturated rings.